The van der Waals surface area contributed by atoms with Crippen molar-refractivity contribution in [3.8, 4) is 0 Å². The third-order valence-corrected chi connectivity index (χ3v) is 4.85. The lowest BCUT2D eigenvalue weighted by atomic mass is 9.88. The number of rotatable bonds is 4. The van der Waals surface area contributed by atoms with Gasteiger partial charge in [0.15, 0.2) is 0 Å². The van der Waals surface area contributed by atoms with E-state index in [-0.39, 0.29) is 0 Å². The molecule has 0 radical (unpaired) electrons. The predicted octanol–water partition coefficient (Wildman–Crippen LogP) is 3.83. The quantitative estimate of drug-likeness (QED) is 0.891. The van der Waals surface area contributed by atoms with Gasteiger partial charge in [0.25, 0.3) is 0 Å². The molecule has 1 aromatic carbocycles. The van der Waals surface area contributed by atoms with Crippen molar-refractivity contribution in [2.75, 3.05) is 0 Å². The molecule has 2 atom stereocenters. The number of nitrogens with one attached hydrogen (secondary N) is 1. The third kappa shape index (κ3) is 3.26. The monoisotopic (exact) mass is 271 g/mol. The van der Waals surface area contributed by atoms with E-state index >= 15 is 0 Å². The Morgan fingerprint density at radius 2 is 2.05 bits per heavy atom. The fraction of sp³-hybridized carbons (Fsp3) is 0.412. The maximum atomic E-state index is 3.80. The standard InChI is InChI=1S/C17H21NS/c1-13(11-17-7-4-10-19-17)18-16-9-8-14-5-2-3-6-15(14)12-16/h2-7,10,13,16,18H,8-9,11-12H2,1H3. The molecule has 1 heterocycles. The van der Waals surface area contributed by atoms with Crippen LogP contribution in [0.4, 0.5) is 0 Å². The summed E-state index contributed by atoms with van der Waals surface area (Å²) in [5.41, 5.74) is 3.08. The molecule has 2 unspecified atom stereocenters. The average Bonchev–Trinajstić information content (AvgIpc) is 2.91. The number of hydrogen-bond donors (Lipinski definition) is 1. The zero-order valence-corrected chi connectivity index (χ0v) is 12.2. The molecular weight excluding hydrogens is 250 g/mol. The van der Waals surface area contributed by atoms with Crippen LogP contribution in [0.3, 0.4) is 0 Å². The van der Waals surface area contributed by atoms with Gasteiger partial charge < -0.3 is 5.32 Å². The molecular formula is C17H21NS. The number of aryl methyl sites for hydroxylation is 1. The van der Waals surface area contributed by atoms with E-state index in [4.69, 9.17) is 0 Å². The molecule has 1 aliphatic carbocycles. The molecule has 100 valence electrons. The Morgan fingerprint density at radius 3 is 2.84 bits per heavy atom. The Hall–Kier alpha value is -1.12. The first-order chi connectivity index (χ1) is 9.31. The van der Waals surface area contributed by atoms with Crippen LogP contribution >= 0.6 is 11.3 Å². The van der Waals surface area contributed by atoms with E-state index in [0.29, 0.717) is 12.1 Å². The fourth-order valence-electron chi connectivity index (χ4n) is 3.03. The maximum absolute atomic E-state index is 3.80. The van der Waals surface area contributed by atoms with Gasteiger partial charge in [-0.15, -0.1) is 11.3 Å². The van der Waals surface area contributed by atoms with Crippen molar-refractivity contribution in [1.82, 2.24) is 5.32 Å². The molecule has 3 rings (SSSR count). The van der Waals surface area contributed by atoms with E-state index in [0.717, 1.165) is 6.42 Å². The highest BCUT2D eigenvalue weighted by atomic mass is 32.1. The molecule has 1 nitrogen and oxygen atoms in total. The number of benzene rings is 1. The Labute approximate surface area is 119 Å². The van der Waals surface area contributed by atoms with Crippen LogP contribution in [0.2, 0.25) is 0 Å². The van der Waals surface area contributed by atoms with E-state index in [1.165, 1.54) is 29.7 Å². The Balaban J connectivity index is 1.57. The summed E-state index contributed by atoms with van der Waals surface area (Å²) in [6.07, 6.45) is 4.83. The lowest BCUT2D eigenvalue weighted by Gasteiger charge is -2.28. The van der Waals surface area contributed by atoms with Gasteiger partial charge in [-0.1, -0.05) is 30.3 Å². The highest BCUT2D eigenvalue weighted by Crippen LogP contribution is 2.21. The summed E-state index contributed by atoms with van der Waals surface area (Å²) in [6.45, 7) is 2.31. The van der Waals surface area contributed by atoms with Crippen molar-refractivity contribution in [1.29, 1.82) is 0 Å². The van der Waals surface area contributed by atoms with Crippen LogP contribution < -0.4 is 5.32 Å². The van der Waals surface area contributed by atoms with Gasteiger partial charge in [-0.2, -0.15) is 0 Å². The van der Waals surface area contributed by atoms with Crippen molar-refractivity contribution >= 4 is 11.3 Å². The largest absolute Gasteiger partial charge is 0.311 e. The van der Waals surface area contributed by atoms with Gasteiger partial charge in [-0.05, 0) is 55.2 Å². The van der Waals surface area contributed by atoms with Crippen LogP contribution in [0.15, 0.2) is 41.8 Å². The number of hydrogen-bond acceptors (Lipinski definition) is 2. The molecule has 1 N–H and O–H groups in total. The normalized spacial score (nSPS) is 19.9. The molecule has 19 heavy (non-hydrogen) atoms. The molecule has 0 spiro atoms. The van der Waals surface area contributed by atoms with E-state index in [1.54, 1.807) is 5.56 Å². The van der Waals surface area contributed by atoms with Gasteiger partial charge in [0, 0.05) is 17.0 Å². The molecule has 2 heteroatoms. The smallest absolute Gasteiger partial charge is 0.0113 e. The first-order valence-corrected chi connectivity index (χ1v) is 8.04. The van der Waals surface area contributed by atoms with E-state index < -0.39 is 0 Å². The Kier molecular flexibility index (Phi) is 4.00. The van der Waals surface area contributed by atoms with Crippen LogP contribution in [-0.2, 0) is 19.3 Å². The molecule has 0 bridgehead atoms. The minimum absolute atomic E-state index is 0.564. The second-order valence-electron chi connectivity index (χ2n) is 5.56. The summed E-state index contributed by atoms with van der Waals surface area (Å²) in [5.74, 6) is 0. The van der Waals surface area contributed by atoms with Crippen LogP contribution in [-0.4, -0.2) is 12.1 Å². The van der Waals surface area contributed by atoms with Gasteiger partial charge in [0.05, 0.1) is 0 Å². The zero-order chi connectivity index (χ0) is 13.1. The van der Waals surface area contributed by atoms with Gasteiger partial charge >= 0.3 is 0 Å². The van der Waals surface area contributed by atoms with E-state index in [1.807, 2.05) is 11.3 Å². The molecule has 0 saturated heterocycles. The summed E-state index contributed by atoms with van der Waals surface area (Å²) < 4.78 is 0. The van der Waals surface area contributed by atoms with Crippen LogP contribution in [0, 0.1) is 0 Å². The van der Waals surface area contributed by atoms with Crippen LogP contribution in [0.5, 0.6) is 0 Å². The summed E-state index contributed by atoms with van der Waals surface area (Å²) in [7, 11) is 0. The summed E-state index contributed by atoms with van der Waals surface area (Å²) in [6, 6.07) is 14.5. The van der Waals surface area contributed by atoms with Gasteiger partial charge in [-0.3, -0.25) is 0 Å². The summed E-state index contributed by atoms with van der Waals surface area (Å²) in [4.78, 5) is 1.48. The average molecular weight is 271 g/mol. The van der Waals surface area contributed by atoms with Crippen LogP contribution in [0.25, 0.3) is 0 Å². The minimum atomic E-state index is 0.564. The molecule has 0 saturated carbocycles. The molecule has 0 fully saturated rings. The molecule has 1 aromatic heterocycles. The number of fused-ring (bicyclic) bond motifs is 1. The third-order valence-electron chi connectivity index (χ3n) is 3.95. The van der Waals surface area contributed by atoms with E-state index in [2.05, 4.69) is 54.0 Å². The van der Waals surface area contributed by atoms with Crippen molar-refractivity contribution in [3.05, 3.63) is 57.8 Å². The van der Waals surface area contributed by atoms with Crippen LogP contribution in [0.1, 0.15) is 29.3 Å². The van der Waals surface area contributed by atoms with Crippen molar-refractivity contribution in [2.24, 2.45) is 0 Å². The maximum Gasteiger partial charge on any atom is 0.0113 e. The first-order valence-electron chi connectivity index (χ1n) is 7.16. The Morgan fingerprint density at radius 1 is 1.21 bits per heavy atom. The summed E-state index contributed by atoms with van der Waals surface area (Å²) in [5, 5.41) is 5.97. The molecule has 2 aromatic rings. The second-order valence-corrected chi connectivity index (χ2v) is 6.59. The fourth-order valence-corrected chi connectivity index (χ4v) is 3.87. The summed E-state index contributed by atoms with van der Waals surface area (Å²) >= 11 is 1.86. The topological polar surface area (TPSA) is 12.0 Å². The first kappa shape index (κ1) is 12.9. The molecule has 0 aliphatic heterocycles. The lowest BCUT2D eigenvalue weighted by Crippen LogP contribution is -2.41. The highest BCUT2D eigenvalue weighted by molar-refractivity contribution is 7.09. The highest BCUT2D eigenvalue weighted by Gasteiger charge is 2.19. The second kappa shape index (κ2) is 5.89. The van der Waals surface area contributed by atoms with Crippen molar-refractivity contribution < 1.29 is 0 Å². The minimum Gasteiger partial charge on any atom is -0.311 e. The van der Waals surface area contributed by atoms with E-state index in [9.17, 15) is 0 Å². The SMILES string of the molecule is CC(Cc1cccs1)NC1CCc2ccccc2C1. The van der Waals surface area contributed by atoms with Crippen molar-refractivity contribution in [2.45, 2.75) is 44.7 Å². The lowest BCUT2D eigenvalue weighted by molar-refractivity contribution is 0.406. The zero-order valence-electron chi connectivity index (χ0n) is 11.4. The van der Waals surface area contributed by atoms with Gasteiger partial charge in [-0.25, -0.2) is 0 Å². The van der Waals surface area contributed by atoms with Crippen molar-refractivity contribution in [3.63, 3.8) is 0 Å². The Bertz CT molecular complexity index is 518. The van der Waals surface area contributed by atoms with Gasteiger partial charge in [0.2, 0.25) is 0 Å². The molecule has 0 amide bonds. The van der Waals surface area contributed by atoms with Gasteiger partial charge in [0.1, 0.15) is 0 Å². The predicted molar refractivity (Wildman–Crippen MR) is 82.9 cm³/mol. The molecule has 1 aliphatic rings. The number of thiophene rings is 1.